The fraction of sp³-hybridized carbons (Fsp3) is 0.500. The summed E-state index contributed by atoms with van der Waals surface area (Å²) >= 11 is 0. The lowest BCUT2D eigenvalue weighted by Gasteiger charge is -1.98. The standard InChI is InChI=1S/C8H8F6S2/c9-5(7(11)12)1-3-15-16-4-2-6(10)8(13)14/h1-4H2. The molecule has 0 aromatic rings. The highest BCUT2D eigenvalue weighted by Gasteiger charge is 2.06. The minimum absolute atomic E-state index is 0.0806. The third kappa shape index (κ3) is 7.98. The van der Waals surface area contributed by atoms with Crippen LogP contribution in [0.15, 0.2) is 23.8 Å². The summed E-state index contributed by atoms with van der Waals surface area (Å²) in [6.07, 6.45) is -5.54. The molecule has 0 saturated heterocycles. The van der Waals surface area contributed by atoms with E-state index in [1.54, 1.807) is 0 Å². The van der Waals surface area contributed by atoms with Gasteiger partial charge in [0.25, 0.3) is 0 Å². The highest BCUT2D eigenvalue weighted by molar-refractivity contribution is 8.76. The normalized spacial score (nSPS) is 10.1. The van der Waals surface area contributed by atoms with Crippen molar-refractivity contribution in [1.29, 1.82) is 0 Å². The molecule has 0 radical (unpaired) electrons. The SMILES string of the molecule is FC(F)=C(F)CCSSCCC(F)=C(F)F. The van der Waals surface area contributed by atoms with Crippen molar-refractivity contribution in [2.45, 2.75) is 12.8 Å². The summed E-state index contributed by atoms with van der Waals surface area (Å²) in [6, 6.07) is 0. The van der Waals surface area contributed by atoms with Gasteiger partial charge < -0.3 is 0 Å². The lowest BCUT2D eigenvalue weighted by Crippen LogP contribution is -1.83. The van der Waals surface area contributed by atoms with Crippen LogP contribution in [0.2, 0.25) is 0 Å². The van der Waals surface area contributed by atoms with Crippen LogP contribution in [0.5, 0.6) is 0 Å². The molecule has 8 heteroatoms. The van der Waals surface area contributed by atoms with Crippen molar-refractivity contribution in [3.63, 3.8) is 0 Å². The summed E-state index contributed by atoms with van der Waals surface area (Å²) in [7, 11) is 2.06. The van der Waals surface area contributed by atoms with Gasteiger partial charge in [-0.25, -0.2) is 8.78 Å². The van der Waals surface area contributed by atoms with Gasteiger partial charge >= 0.3 is 12.2 Å². The quantitative estimate of drug-likeness (QED) is 0.353. The van der Waals surface area contributed by atoms with Crippen molar-refractivity contribution in [3.8, 4) is 0 Å². The van der Waals surface area contributed by atoms with E-state index in [0.717, 1.165) is 21.6 Å². The number of allylic oxidation sites excluding steroid dienone is 2. The zero-order valence-corrected chi connectivity index (χ0v) is 9.55. The van der Waals surface area contributed by atoms with Crippen molar-refractivity contribution in [2.75, 3.05) is 11.5 Å². The molecule has 0 aromatic carbocycles. The molecule has 0 rings (SSSR count). The van der Waals surface area contributed by atoms with Crippen molar-refractivity contribution >= 4 is 21.6 Å². The van der Waals surface area contributed by atoms with E-state index in [1.807, 2.05) is 0 Å². The average molecular weight is 282 g/mol. The maximum atomic E-state index is 12.2. The van der Waals surface area contributed by atoms with Crippen molar-refractivity contribution in [3.05, 3.63) is 23.8 Å². The van der Waals surface area contributed by atoms with E-state index in [0.29, 0.717) is 0 Å². The molecule has 0 aliphatic rings. The van der Waals surface area contributed by atoms with Gasteiger partial charge in [0.1, 0.15) is 0 Å². The number of rotatable bonds is 7. The van der Waals surface area contributed by atoms with E-state index in [4.69, 9.17) is 0 Å². The predicted octanol–water partition coefficient (Wildman–Crippen LogP) is 5.30. The molecule has 0 aromatic heterocycles. The second kappa shape index (κ2) is 8.86. The van der Waals surface area contributed by atoms with Gasteiger partial charge in [-0.15, -0.1) is 0 Å². The summed E-state index contributed by atoms with van der Waals surface area (Å²) in [4.78, 5) is 0. The molecular formula is C8H8F6S2. The third-order valence-corrected chi connectivity index (χ3v) is 3.71. The van der Waals surface area contributed by atoms with Crippen LogP contribution < -0.4 is 0 Å². The molecule has 0 aliphatic carbocycles. The molecule has 0 unspecified atom stereocenters. The van der Waals surface area contributed by atoms with Gasteiger partial charge in [0.05, 0.1) is 0 Å². The molecular weight excluding hydrogens is 274 g/mol. The van der Waals surface area contributed by atoms with E-state index in [-0.39, 0.29) is 11.5 Å². The number of hydrogen-bond acceptors (Lipinski definition) is 2. The van der Waals surface area contributed by atoms with Crippen LogP contribution in [-0.2, 0) is 0 Å². The monoisotopic (exact) mass is 282 g/mol. The first-order chi connectivity index (χ1) is 7.45. The summed E-state index contributed by atoms with van der Waals surface area (Å²) in [5.41, 5.74) is 0. The predicted molar refractivity (Wildman–Crippen MR) is 54.9 cm³/mol. The molecule has 0 bridgehead atoms. The minimum atomic E-state index is -2.35. The molecule has 16 heavy (non-hydrogen) atoms. The second-order valence-corrected chi connectivity index (χ2v) is 5.18. The lowest BCUT2D eigenvalue weighted by molar-refractivity contribution is 0.373. The molecule has 94 valence electrons. The molecule has 0 atom stereocenters. The first kappa shape index (κ1) is 15.8. The van der Waals surface area contributed by atoms with Crippen LogP contribution in [0.3, 0.4) is 0 Å². The van der Waals surface area contributed by atoms with E-state index >= 15 is 0 Å². The van der Waals surface area contributed by atoms with Gasteiger partial charge in [-0.3, -0.25) is 0 Å². The first-order valence-electron chi connectivity index (χ1n) is 4.09. The molecule has 0 saturated carbocycles. The Morgan fingerprint density at radius 1 is 0.625 bits per heavy atom. The molecule has 0 aliphatic heterocycles. The van der Waals surface area contributed by atoms with Crippen molar-refractivity contribution in [2.24, 2.45) is 0 Å². The summed E-state index contributed by atoms with van der Waals surface area (Å²) < 4.78 is 70.6. The maximum absolute atomic E-state index is 12.2. The van der Waals surface area contributed by atoms with Crippen molar-refractivity contribution in [1.82, 2.24) is 0 Å². The Morgan fingerprint density at radius 3 is 1.19 bits per heavy atom. The lowest BCUT2D eigenvalue weighted by atomic mass is 10.4. The van der Waals surface area contributed by atoms with Gasteiger partial charge in [0.2, 0.25) is 0 Å². The van der Waals surface area contributed by atoms with E-state index in [2.05, 4.69) is 0 Å². The molecule has 0 amide bonds. The van der Waals surface area contributed by atoms with E-state index in [1.165, 1.54) is 0 Å². The van der Waals surface area contributed by atoms with Crippen LogP contribution in [-0.4, -0.2) is 11.5 Å². The van der Waals surface area contributed by atoms with Gasteiger partial charge in [-0.2, -0.15) is 17.6 Å². The number of hydrogen-bond donors (Lipinski definition) is 0. The Labute approximate surface area is 96.6 Å². The fourth-order valence-corrected chi connectivity index (χ4v) is 2.54. The highest BCUT2D eigenvalue weighted by atomic mass is 33.1. The summed E-state index contributed by atoms with van der Waals surface area (Å²) in [6.45, 7) is 0. The Kier molecular flexibility index (Phi) is 8.73. The van der Waals surface area contributed by atoms with Crippen LogP contribution in [0, 0.1) is 0 Å². The molecule has 0 N–H and O–H groups in total. The molecule has 0 nitrogen and oxygen atoms in total. The highest BCUT2D eigenvalue weighted by Crippen LogP contribution is 2.27. The topological polar surface area (TPSA) is 0 Å². The van der Waals surface area contributed by atoms with Crippen molar-refractivity contribution < 1.29 is 26.3 Å². The minimum Gasteiger partial charge on any atom is -0.206 e. The fourth-order valence-electron chi connectivity index (χ4n) is 0.569. The van der Waals surface area contributed by atoms with Crippen LogP contribution in [0.25, 0.3) is 0 Å². The Hall–Kier alpha value is -0.240. The Morgan fingerprint density at radius 2 is 0.938 bits per heavy atom. The van der Waals surface area contributed by atoms with Crippen LogP contribution in [0.1, 0.15) is 12.8 Å². The molecule has 0 spiro atoms. The van der Waals surface area contributed by atoms with E-state index in [9.17, 15) is 26.3 Å². The second-order valence-electron chi connectivity index (χ2n) is 2.47. The molecule has 0 heterocycles. The first-order valence-corrected chi connectivity index (χ1v) is 6.57. The zero-order valence-electron chi connectivity index (χ0n) is 7.91. The summed E-state index contributed by atoms with van der Waals surface area (Å²) in [5, 5.41) is 0. The van der Waals surface area contributed by atoms with Gasteiger partial charge in [-0.1, -0.05) is 21.6 Å². The largest absolute Gasteiger partial charge is 0.301 e. The molecule has 0 fully saturated rings. The third-order valence-electron chi connectivity index (χ3n) is 1.30. The smallest absolute Gasteiger partial charge is 0.206 e. The Bertz CT molecular complexity index is 240. The van der Waals surface area contributed by atoms with Gasteiger partial charge in [0, 0.05) is 24.3 Å². The average Bonchev–Trinajstić information content (AvgIpc) is 2.21. The van der Waals surface area contributed by atoms with Gasteiger partial charge in [0.15, 0.2) is 11.7 Å². The van der Waals surface area contributed by atoms with E-state index < -0.39 is 36.7 Å². The van der Waals surface area contributed by atoms with Gasteiger partial charge in [-0.05, 0) is 0 Å². The summed E-state index contributed by atoms with van der Waals surface area (Å²) in [5.74, 6) is -2.79. The van der Waals surface area contributed by atoms with Crippen LogP contribution >= 0.6 is 21.6 Å². The zero-order chi connectivity index (χ0) is 12.6. The number of halogens is 6. The maximum Gasteiger partial charge on any atom is 0.301 e. The van der Waals surface area contributed by atoms with Crippen LogP contribution in [0.4, 0.5) is 26.3 Å². The Balaban J connectivity index is 3.50.